The van der Waals surface area contributed by atoms with E-state index in [-0.39, 0.29) is 11.7 Å². The fourth-order valence-corrected chi connectivity index (χ4v) is 3.25. The van der Waals surface area contributed by atoms with Gasteiger partial charge in [-0.2, -0.15) is 10.4 Å². The Morgan fingerprint density at radius 2 is 2.00 bits per heavy atom. The van der Waals surface area contributed by atoms with E-state index < -0.39 is 12.5 Å². The fraction of sp³-hybridized carbons (Fsp3) is 0.211. The number of fused-ring (bicyclic) bond motifs is 1. The van der Waals surface area contributed by atoms with E-state index in [9.17, 15) is 10.1 Å². The van der Waals surface area contributed by atoms with Crippen LogP contribution in [-0.4, -0.2) is 36.9 Å². The lowest BCUT2D eigenvalue weighted by Crippen LogP contribution is -2.20. The summed E-state index contributed by atoms with van der Waals surface area (Å²) in [5.41, 5.74) is 3.59. The molecule has 1 unspecified atom stereocenters. The Morgan fingerprint density at radius 1 is 1.33 bits per heavy atom. The van der Waals surface area contributed by atoms with Gasteiger partial charge in [-0.25, -0.2) is 9.97 Å². The van der Waals surface area contributed by atoms with E-state index in [2.05, 4.69) is 32.5 Å². The minimum absolute atomic E-state index is 0.0223. The monoisotopic (exact) mass is 361 g/mol. The number of aliphatic carboxylic acids is 1. The van der Waals surface area contributed by atoms with E-state index >= 15 is 0 Å². The van der Waals surface area contributed by atoms with Crippen molar-refractivity contribution in [3.05, 3.63) is 59.7 Å². The van der Waals surface area contributed by atoms with Crippen LogP contribution in [0, 0.1) is 11.3 Å². The molecule has 8 heteroatoms. The number of benzene rings is 1. The maximum absolute atomic E-state index is 11.0. The number of nitrogens with one attached hydrogen (secondary N) is 1. The molecule has 27 heavy (non-hydrogen) atoms. The van der Waals surface area contributed by atoms with Gasteiger partial charge in [-0.15, -0.1) is 0 Å². The van der Waals surface area contributed by atoms with E-state index in [4.69, 9.17) is 6.48 Å². The molecule has 3 aromatic rings. The molecular formula is C19H16N6O2. The Labute approximate surface area is 156 Å². The van der Waals surface area contributed by atoms with Crippen molar-refractivity contribution in [3.63, 3.8) is 0 Å². The van der Waals surface area contributed by atoms with E-state index in [0.717, 1.165) is 17.5 Å². The summed E-state index contributed by atoms with van der Waals surface area (Å²) in [6, 6.07) is 10.4. The second-order valence-electron chi connectivity index (χ2n) is 6.26. The normalized spacial score (nSPS) is 14.9. The van der Waals surface area contributed by atoms with Gasteiger partial charge in [0.05, 0.1) is 1.37 Å². The Hall–Kier alpha value is -3.73. The van der Waals surface area contributed by atoms with Crippen LogP contribution in [0.4, 0.5) is 5.95 Å². The third-order valence-corrected chi connectivity index (χ3v) is 4.43. The molecule has 134 valence electrons. The lowest BCUT2D eigenvalue weighted by molar-refractivity contribution is -0.137. The third kappa shape index (κ3) is 3.48. The molecule has 2 aromatic heterocycles. The number of carboxylic acid groups (broad SMARTS) is 1. The number of carbonyl (C=O) groups is 1. The van der Waals surface area contributed by atoms with Crippen LogP contribution in [0.5, 0.6) is 0 Å². The summed E-state index contributed by atoms with van der Waals surface area (Å²) < 4.78 is 8.51. The molecule has 0 bridgehead atoms. The maximum Gasteiger partial charge on any atom is 0.325 e. The Balaban J connectivity index is 1.51. The highest BCUT2D eigenvalue weighted by molar-refractivity contribution is 5.69. The summed E-state index contributed by atoms with van der Waals surface area (Å²) in [6.07, 6.45) is 6.28. The lowest BCUT2D eigenvalue weighted by Gasteiger charge is -2.11. The van der Waals surface area contributed by atoms with E-state index in [1.165, 1.54) is 17.3 Å². The van der Waals surface area contributed by atoms with Crippen LogP contribution in [0.25, 0.3) is 11.1 Å². The number of rotatable bonds is 5. The first-order valence-electron chi connectivity index (χ1n) is 8.93. The first-order chi connectivity index (χ1) is 13.5. The summed E-state index contributed by atoms with van der Waals surface area (Å²) >= 11 is 0. The largest absolute Gasteiger partial charge is 0.480 e. The second-order valence-corrected chi connectivity index (χ2v) is 6.26. The molecule has 0 radical (unpaired) electrons. The zero-order valence-electron chi connectivity index (χ0n) is 15.2. The number of nitriles is 1. The van der Waals surface area contributed by atoms with Crippen molar-refractivity contribution in [2.45, 2.75) is 25.4 Å². The van der Waals surface area contributed by atoms with Gasteiger partial charge < -0.3 is 10.4 Å². The van der Waals surface area contributed by atoms with Crippen LogP contribution in [0.3, 0.4) is 0 Å². The highest BCUT2D eigenvalue weighted by atomic mass is 16.4. The predicted octanol–water partition coefficient (Wildman–Crippen LogP) is 1.88. The molecule has 1 aliphatic rings. The molecule has 0 spiro atoms. The van der Waals surface area contributed by atoms with Crippen LogP contribution in [-0.2, 0) is 24.2 Å². The minimum atomic E-state index is -1.62. The first kappa shape index (κ1) is 15.5. The maximum atomic E-state index is 11.0. The number of anilines is 1. The van der Waals surface area contributed by atoms with Gasteiger partial charge in [0.2, 0.25) is 5.95 Å². The van der Waals surface area contributed by atoms with Crippen molar-refractivity contribution in [3.8, 4) is 17.2 Å². The fourth-order valence-electron chi connectivity index (χ4n) is 3.25. The minimum Gasteiger partial charge on any atom is -0.480 e. The molecule has 1 aromatic carbocycles. The molecule has 0 saturated heterocycles. The Morgan fingerprint density at radius 3 is 2.59 bits per heavy atom. The van der Waals surface area contributed by atoms with Crippen molar-refractivity contribution in [1.82, 2.24) is 19.7 Å². The molecule has 2 N–H and O–H groups in total. The predicted molar refractivity (Wildman–Crippen MR) is 96.9 cm³/mol. The quantitative estimate of drug-likeness (QED) is 0.712. The zero-order chi connectivity index (χ0) is 19.7. The van der Waals surface area contributed by atoms with Gasteiger partial charge in [0.25, 0.3) is 0 Å². The topological polar surface area (TPSA) is 117 Å². The van der Waals surface area contributed by atoms with Crippen LogP contribution in [0.1, 0.15) is 18.2 Å². The second kappa shape index (κ2) is 6.88. The van der Waals surface area contributed by atoms with Gasteiger partial charge in [-0.1, -0.05) is 24.3 Å². The number of hydrogen-bond acceptors (Lipinski definition) is 6. The van der Waals surface area contributed by atoms with Gasteiger partial charge in [-0.3, -0.25) is 9.48 Å². The molecule has 0 aliphatic heterocycles. The molecule has 0 fully saturated rings. The standard InChI is InChI=1S/C19H16N6O2/c20-7-17-16(10-25(24-17)11-18(26)27)14-8-21-19(22-9-14)23-15-5-12-3-1-2-4-13(12)6-15/h1-4,8-10,15H,5-6,11H2,(H,26,27)(H,21,22,23)/i11D. The number of carboxylic acids is 1. The highest BCUT2D eigenvalue weighted by Gasteiger charge is 2.21. The Bertz CT molecular complexity index is 1050. The van der Waals surface area contributed by atoms with E-state index in [1.54, 1.807) is 12.4 Å². The van der Waals surface area contributed by atoms with Crippen molar-refractivity contribution >= 4 is 11.9 Å². The van der Waals surface area contributed by atoms with Gasteiger partial charge in [0, 0.05) is 35.8 Å². The summed E-state index contributed by atoms with van der Waals surface area (Å²) in [5, 5.41) is 25.4. The number of nitrogens with zero attached hydrogens (tertiary/aromatic N) is 5. The van der Waals surface area contributed by atoms with Gasteiger partial charge in [-0.05, 0) is 24.0 Å². The number of aromatic nitrogens is 4. The molecule has 0 saturated carbocycles. The van der Waals surface area contributed by atoms with Crippen LogP contribution < -0.4 is 5.32 Å². The summed E-state index contributed by atoms with van der Waals surface area (Å²) in [6.45, 7) is -1.62. The smallest absolute Gasteiger partial charge is 0.325 e. The third-order valence-electron chi connectivity index (χ3n) is 4.43. The SMILES string of the molecule is [2H]C(C(=O)O)n1cc(-c2cnc(NC3Cc4ccccc4C3)nc2)c(C#N)n1. The van der Waals surface area contributed by atoms with Gasteiger partial charge >= 0.3 is 5.97 Å². The summed E-state index contributed by atoms with van der Waals surface area (Å²) in [4.78, 5) is 19.6. The average molecular weight is 361 g/mol. The van der Waals surface area contributed by atoms with Crippen molar-refractivity contribution < 1.29 is 11.3 Å². The molecule has 2 heterocycles. The molecular weight excluding hydrogens is 344 g/mol. The Kier molecular flexibility index (Phi) is 3.95. The average Bonchev–Trinajstić information content (AvgIpc) is 3.31. The lowest BCUT2D eigenvalue weighted by atomic mass is 10.1. The van der Waals surface area contributed by atoms with Gasteiger partial charge in [0.15, 0.2) is 5.69 Å². The van der Waals surface area contributed by atoms with Crippen molar-refractivity contribution in [2.75, 3.05) is 5.32 Å². The van der Waals surface area contributed by atoms with Crippen LogP contribution in [0.2, 0.25) is 0 Å². The van der Waals surface area contributed by atoms with E-state index in [1.807, 2.05) is 18.2 Å². The van der Waals surface area contributed by atoms with Gasteiger partial charge in [0.1, 0.15) is 12.6 Å². The molecule has 1 aliphatic carbocycles. The van der Waals surface area contributed by atoms with Crippen molar-refractivity contribution in [1.29, 1.82) is 5.26 Å². The van der Waals surface area contributed by atoms with Crippen LogP contribution >= 0.6 is 0 Å². The zero-order valence-corrected chi connectivity index (χ0v) is 14.2. The highest BCUT2D eigenvalue weighted by Crippen LogP contribution is 2.25. The molecule has 0 amide bonds. The summed E-state index contributed by atoms with van der Waals surface area (Å²) in [5.74, 6) is -0.872. The molecule has 4 rings (SSSR count). The van der Waals surface area contributed by atoms with Crippen LogP contribution in [0.15, 0.2) is 42.9 Å². The summed E-state index contributed by atoms with van der Waals surface area (Å²) in [7, 11) is 0. The number of hydrogen-bond donors (Lipinski definition) is 2. The van der Waals surface area contributed by atoms with E-state index in [0.29, 0.717) is 17.1 Å². The first-order valence-corrected chi connectivity index (χ1v) is 8.35. The molecule has 1 atom stereocenters. The molecule has 8 nitrogen and oxygen atoms in total. The van der Waals surface area contributed by atoms with Crippen molar-refractivity contribution in [2.24, 2.45) is 0 Å².